The molecule has 6 heteroatoms. The van der Waals surface area contributed by atoms with E-state index < -0.39 is 0 Å². The molecule has 0 spiro atoms. The Bertz CT molecular complexity index is 753. The van der Waals surface area contributed by atoms with Gasteiger partial charge in [-0.25, -0.2) is 0 Å². The summed E-state index contributed by atoms with van der Waals surface area (Å²) in [7, 11) is 0. The molecule has 0 aromatic carbocycles. The van der Waals surface area contributed by atoms with Crippen LogP contribution in [0.4, 0.5) is 0 Å². The number of carbonyl (C=O) groups is 2. The first-order chi connectivity index (χ1) is 24.1. The first kappa shape index (κ1) is 47.4. The highest BCUT2D eigenvalue weighted by molar-refractivity contribution is 5.72. The molecule has 0 aliphatic carbocycles. The van der Waals surface area contributed by atoms with Crippen molar-refractivity contribution in [2.75, 3.05) is 32.8 Å². The molecule has 0 aliphatic rings. The average molecular weight is 691 g/mol. The summed E-state index contributed by atoms with van der Waals surface area (Å²) in [5, 5.41) is 9.00. The lowest BCUT2D eigenvalue weighted by Crippen LogP contribution is -2.27. The number of unbranched alkanes of at least 4 members (excludes halogenated alkanes) is 22. The molecule has 0 aromatic heterocycles. The van der Waals surface area contributed by atoms with Crippen LogP contribution in [0.3, 0.4) is 0 Å². The monoisotopic (exact) mass is 691 g/mol. The molecule has 0 heterocycles. The molecule has 0 aromatic rings. The summed E-state index contributed by atoms with van der Waals surface area (Å²) in [5.41, 5.74) is 0. The maximum absolute atomic E-state index is 12.9. The quantitative estimate of drug-likeness (QED) is 0.0472. The van der Waals surface area contributed by atoms with E-state index in [4.69, 9.17) is 14.7 Å². The normalized spacial score (nSPS) is 11.9. The predicted octanol–water partition coefficient (Wildman–Crippen LogP) is 12.7. The zero-order valence-electron chi connectivity index (χ0n) is 33.1. The van der Waals surface area contributed by atoms with Crippen LogP contribution in [0.5, 0.6) is 0 Å². The van der Waals surface area contributed by atoms with E-state index in [1.165, 1.54) is 89.9 Å². The van der Waals surface area contributed by atoms with Crippen LogP contribution in [-0.2, 0) is 19.1 Å². The minimum atomic E-state index is -0.0293. The fraction of sp³-hybridized carbons (Fsp3) is 0.930. The Labute approximate surface area is 305 Å². The van der Waals surface area contributed by atoms with Crippen molar-refractivity contribution in [3.63, 3.8) is 0 Å². The van der Waals surface area contributed by atoms with E-state index in [1.54, 1.807) is 0 Å². The molecule has 0 fully saturated rings. The molecule has 0 saturated heterocycles. The minimum Gasteiger partial charge on any atom is -0.466 e. The highest BCUT2D eigenvalue weighted by Crippen LogP contribution is 2.21. The third-order valence-electron chi connectivity index (χ3n) is 9.89. The van der Waals surface area contributed by atoms with E-state index in [9.17, 15) is 9.59 Å². The molecule has 1 atom stereocenters. The Hall–Kier alpha value is -1.61. The predicted molar refractivity (Wildman–Crippen MR) is 208 cm³/mol. The molecule has 1 unspecified atom stereocenters. The standard InChI is InChI=1S/C43H82N2O4/c1-4-7-10-13-15-16-18-25-34-42(46)48-39-30-21-19-27-36-45(38-29-26-35-44)37-28-20-22-31-40-49-43(47)41(32-23-12-9-6-3)33-24-17-14-11-8-5-2/h41H,4-34,36-40H2,1-3H3. The van der Waals surface area contributed by atoms with Gasteiger partial charge in [0.25, 0.3) is 0 Å². The van der Waals surface area contributed by atoms with Crippen LogP contribution in [0.1, 0.15) is 220 Å². The first-order valence-electron chi connectivity index (χ1n) is 21.5. The van der Waals surface area contributed by atoms with Crippen molar-refractivity contribution in [2.24, 2.45) is 5.92 Å². The van der Waals surface area contributed by atoms with Crippen molar-refractivity contribution in [3.05, 3.63) is 0 Å². The molecular formula is C43H82N2O4. The van der Waals surface area contributed by atoms with Crippen LogP contribution < -0.4 is 0 Å². The molecule has 49 heavy (non-hydrogen) atoms. The Morgan fingerprint density at radius 3 is 1.45 bits per heavy atom. The number of esters is 2. The van der Waals surface area contributed by atoms with Crippen LogP contribution in [0.25, 0.3) is 0 Å². The second kappa shape index (κ2) is 39.2. The minimum absolute atomic E-state index is 0.0293. The van der Waals surface area contributed by atoms with Gasteiger partial charge in [-0.2, -0.15) is 5.26 Å². The van der Waals surface area contributed by atoms with Crippen molar-refractivity contribution in [3.8, 4) is 6.07 Å². The van der Waals surface area contributed by atoms with Crippen LogP contribution in [-0.4, -0.2) is 49.7 Å². The van der Waals surface area contributed by atoms with Crippen LogP contribution in [0.2, 0.25) is 0 Å². The smallest absolute Gasteiger partial charge is 0.308 e. The Morgan fingerprint density at radius 1 is 0.510 bits per heavy atom. The fourth-order valence-electron chi connectivity index (χ4n) is 6.62. The molecule has 0 rings (SSSR count). The molecule has 0 N–H and O–H groups in total. The van der Waals surface area contributed by atoms with Gasteiger partial charge in [0.1, 0.15) is 0 Å². The number of nitrogens with zero attached hydrogens (tertiary/aromatic N) is 2. The van der Waals surface area contributed by atoms with Crippen molar-refractivity contribution in [1.82, 2.24) is 4.90 Å². The fourth-order valence-corrected chi connectivity index (χ4v) is 6.62. The zero-order valence-corrected chi connectivity index (χ0v) is 33.1. The number of ether oxygens (including phenoxy) is 2. The summed E-state index contributed by atoms with van der Waals surface area (Å²) in [5.74, 6) is 0.105. The topological polar surface area (TPSA) is 79.6 Å². The van der Waals surface area contributed by atoms with Crippen LogP contribution in [0.15, 0.2) is 0 Å². The van der Waals surface area contributed by atoms with E-state index in [2.05, 4.69) is 31.7 Å². The summed E-state index contributed by atoms with van der Waals surface area (Å²) in [6.45, 7) is 11.0. The van der Waals surface area contributed by atoms with Gasteiger partial charge in [-0.3, -0.25) is 9.59 Å². The van der Waals surface area contributed by atoms with Gasteiger partial charge in [0.15, 0.2) is 0 Å². The molecule has 0 saturated carbocycles. The molecular weight excluding hydrogens is 608 g/mol. The van der Waals surface area contributed by atoms with E-state index >= 15 is 0 Å². The van der Waals surface area contributed by atoms with E-state index in [-0.39, 0.29) is 17.9 Å². The van der Waals surface area contributed by atoms with Gasteiger partial charge >= 0.3 is 11.9 Å². The van der Waals surface area contributed by atoms with Gasteiger partial charge in [-0.05, 0) is 71.0 Å². The van der Waals surface area contributed by atoms with Crippen molar-refractivity contribution < 1.29 is 19.1 Å². The van der Waals surface area contributed by atoms with Gasteiger partial charge in [0.2, 0.25) is 0 Å². The molecule has 0 bridgehead atoms. The number of hydrogen-bond acceptors (Lipinski definition) is 6. The lowest BCUT2D eigenvalue weighted by Gasteiger charge is -2.22. The summed E-state index contributed by atoms with van der Waals surface area (Å²) >= 11 is 0. The number of rotatable bonds is 39. The molecule has 0 amide bonds. The second-order valence-corrected chi connectivity index (χ2v) is 14.6. The highest BCUT2D eigenvalue weighted by atomic mass is 16.5. The summed E-state index contributed by atoms with van der Waals surface area (Å²) < 4.78 is 11.2. The Balaban J connectivity index is 4.08. The van der Waals surface area contributed by atoms with Crippen LogP contribution in [0, 0.1) is 17.2 Å². The third kappa shape index (κ3) is 34.6. The molecule has 6 nitrogen and oxygen atoms in total. The largest absolute Gasteiger partial charge is 0.466 e. The number of carbonyl (C=O) groups excluding carboxylic acids is 2. The van der Waals surface area contributed by atoms with Gasteiger partial charge in [0.05, 0.1) is 25.2 Å². The van der Waals surface area contributed by atoms with E-state index in [0.29, 0.717) is 26.1 Å². The summed E-state index contributed by atoms with van der Waals surface area (Å²) in [6, 6.07) is 2.29. The first-order valence-corrected chi connectivity index (χ1v) is 21.5. The maximum atomic E-state index is 12.9. The maximum Gasteiger partial charge on any atom is 0.308 e. The van der Waals surface area contributed by atoms with Crippen molar-refractivity contribution in [2.45, 2.75) is 220 Å². The van der Waals surface area contributed by atoms with Crippen molar-refractivity contribution >= 4 is 11.9 Å². The van der Waals surface area contributed by atoms with E-state index in [0.717, 1.165) is 116 Å². The lowest BCUT2D eigenvalue weighted by atomic mass is 9.94. The Morgan fingerprint density at radius 2 is 0.918 bits per heavy atom. The molecule has 0 aliphatic heterocycles. The van der Waals surface area contributed by atoms with Gasteiger partial charge < -0.3 is 14.4 Å². The Kier molecular flexibility index (Phi) is 37.9. The van der Waals surface area contributed by atoms with E-state index in [1.807, 2.05) is 0 Å². The van der Waals surface area contributed by atoms with Gasteiger partial charge in [-0.1, -0.05) is 156 Å². The third-order valence-corrected chi connectivity index (χ3v) is 9.89. The average Bonchev–Trinajstić information content (AvgIpc) is 3.10. The molecule has 0 radical (unpaired) electrons. The summed E-state index contributed by atoms with van der Waals surface area (Å²) in [4.78, 5) is 27.4. The van der Waals surface area contributed by atoms with Gasteiger partial charge in [0, 0.05) is 12.8 Å². The summed E-state index contributed by atoms with van der Waals surface area (Å²) in [6.07, 6.45) is 35.1. The van der Waals surface area contributed by atoms with Crippen LogP contribution >= 0.6 is 0 Å². The number of nitriles is 1. The second-order valence-electron chi connectivity index (χ2n) is 14.6. The lowest BCUT2D eigenvalue weighted by molar-refractivity contribution is -0.149. The van der Waals surface area contributed by atoms with Crippen molar-refractivity contribution in [1.29, 1.82) is 5.26 Å². The zero-order chi connectivity index (χ0) is 35.9. The van der Waals surface area contributed by atoms with Gasteiger partial charge in [-0.15, -0.1) is 0 Å². The SMILES string of the molecule is CCCCCCCCCCC(=O)OCCCCCCN(CCCC#N)CCCCCCOC(=O)C(CCCCCC)CCCCCCCC. The number of hydrogen-bond donors (Lipinski definition) is 0. The molecule has 288 valence electrons. The highest BCUT2D eigenvalue weighted by Gasteiger charge is 2.19.